The zero-order valence-corrected chi connectivity index (χ0v) is 20.9. The van der Waals surface area contributed by atoms with Gasteiger partial charge >= 0.3 is 0 Å². The first-order chi connectivity index (χ1) is 17.4. The quantitative estimate of drug-likeness (QED) is 0.315. The molecule has 0 aliphatic rings. The van der Waals surface area contributed by atoms with E-state index in [0.29, 0.717) is 5.02 Å². The van der Waals surface area contributed by atoms with Crippen molar-refractivity contribution >= 4 is 40.1 Å². The molecule has 0 aliphatic carbocycles. The number of rotatable bonds is 7. The first-order valence-electron chi connectivity index (χ1n) is 11.2. The fraction of sp³-hybridized carbons (Fsp3) is 0.231. The molecule has 4 aromatic rings. The number of amides is 2. The lowest BCUT2D eigenvalue weighted by molar-refractivity contribution is -0.130. The number of aromatic nitrogens is 3. The Kier molecular flexibility index (Phi) is 7.22. The van der Waals surface area contributed by atoms with Gasteiger partial charge in [-0.3, -0.25) is 14.6 Å². The topological polar surface area (TPSA) is 88.9 Å². The second-order valence-corrected chi connectivity index (χ2v) is 9.35. The number of fused-ring (bicyclic) bond motifs is 1. The number of halogens is 4. The highest BCUT2D eigenvalue weighted by Gasteiger charge is 2.26. The number of aryl methyl sites for hydroxylation is 1. The molecule has 4 rings (SSSR count). The zero-order valence-electron chi connectivity index (χ0n) is 20.2. The number of hydrogen-bond donors (Lipinski definition) is 2. The minimum atomic E-state index is -3.01. The van der Waals surface area contributed by atoms with Gasteiger partial charge in [0.25, 0.3) is 18.2 Å². The normalized spacial score (nSPS) is 11.7. The average Bonchev–Trinajstić information content (AvgIpc) is 3.17. The molecule has 2 amide bonds. The third-order valence-electron chi connectivity index (χ3n) is 5.71. The molecule has 3 aromatic heterocycles. The molecule has 0 radical (unpaired) electrons. The Hall–Kier alpha value is -3.92. The second-order valence-electron chi connectivity index (χ2n) is 8.91. The molecule has 0 fully saturated rings. The van der Waals surface area contributed by atoms with Gasteiger partial charge in [-0.2, -0.15) is 0 Å². The zero-order chi connectivity index (χ0) is 26.9. The Balaban J connectivity index is 1.60. The van der Waals surface area contributed by atoms with E-state index in [4.69, 9.17) is 11.6 Å². The molecule has 0 bridgehead atoms. The molecule has 0 unspecified atom stereocenters. The fourth-order valence-corrected chi connectivity index (χ4v) is 3.96. The maximum atomic E-state index is 13.8. The Morgan fingerprint density at radius 3 is 2.54 bits per heavy atom. The molecular formula is C26H23ClF3N5O2. The lowest BCUT2D eigenvalue weighted by Gasteiger charge is -2.15. The monoisotopic (exact) mass is 529 g/mol. The summed E-state index contributed by atoms with van der Waals surface area (Å²) < 4.78 is 42.8. The third kappa shape index (κ3) is 5.75. The predicted octanol–water partition coefficient (Wildman–Crippen LogP) is 5.84. The number of carbonyl (C=O) groups excluding carboxylic acids is 2. The molecule has 0 atom stereocenters. The maximum absolute atomic E-state index is 13.8. The summed E-state index contributed by atoms with van der Waals surface area (Å²) in [6, 6.07) is 12.1. The number of carbonyl (C=O) groups is 2. The van der Waals surface area contributed by atoms with Gasteiger partial charge in [-0.25, -0.2) is 18.2 Å². The van der Waals surface area contributed by atoms with Crippen LogP contribution in [0, 0.1) is 0 Å². The van der Waals surface area contributed by atoms with E-state index in [2.05, 4.69) is 20.6 Å². The van der Waals surface area contributed by atoms with Crippen LogP contribution in [0.15, 0.2) is 54.9 Å². The van der Waals surface area contributed by atoms with Crippen LogP contribution in [0.5, 0.6) is 0 Å². The Morgan fingerprint density at radius 1 is 1.11 bits per heavy atom. The van der Waals surface area contributed by atoms with Gasteiger partial charge in [-0.1, -0.05) is 23.7 Å². The highest BCUT2D eigenvalue weighted by atomic mass is 35.5. The van der Waals surface area contributed by atoms with Gasteiger partial charge in [0.05, 0.1) is 17.3 Å². The van der Waals surface area contributed by atoms with Crippen LogP contribution in [-0.4, -0.2) is 32.0 Å². The number of nitrogens with zero attached hydrogens (tertiary/aromatic N) is 3. The molecule has 7 nitrogen and oxygen atoms in total. The first kappa shape index (κ1) is 26.2. The van der Waals surface area contributed by atoms with Gasteiger partial charge in [-0.15, -0.1) is 0 Å². The largest absolute Gasteiger partial charge is 0.349 e. The third-order valence-corrected chi connectivity index (χ3v) is 5.95. The number of anilines is 1. The van der Waals surface area contributed by atoms with E-state index in [0.717, 1.165) is 42.2 Å². The molecule has 11 heteroatoms. The summed E-state index contributed by atoms with van der Waals surface area (Å²) in [5.74, 6) is -1.58. The van der Waals surface area contributed by atoms with E-state index in [1.54, 1.807) is 18.3 Å². The van der Waals surface area contributed by atoms with E-state index in [1.807, 2.05) is 35.9 Å². The number of nitrogens with one attached hydrogen (secondary N) is 2. The summed E-state index contributed by atoms with van der Waals surface area (Å²) >= 11 is 6.12. The van der Waals surface area contributed by atoms with Crippen molar-refractivity contribution in [2.45, 2.75) is 32.5 Å². The molecule has 0 aliphatic heterocycles. The molecule has 0 saturated carbocycles. The number of hydrogen-bond acceptors (Lipinski definition) is 4. The van der Waals surface area contributed by atoms with E-state index in [-0.39, 0.29) is 23.5 Å². The summed E-state index contributed by atoms with van der Waals surface area (Å²) in [5, 5.41) is 6.24. The van der Waals surface area contributed by atoms with Gasteiger partial charge in [0.2, 0.25) is 0 Å². The minimum absolute atomic E-state index is 0.152. The summed E-state index contributed by atoms with van der Waals surface area (Å²) in [5.41, 5.74) is -0.410. The van der Waals surface area contributed by atoms with Gasteiger partial charge in [-0.05, 0) is 55.3 Å². The van der Waals surface area contributed by atoms with Crippen molar-refractivity contribution in [1.82, 2.24) is 19.9 Å². The summed E-state index contributed by atoms with van der Waals surface area (Å²) in [6.07, 6.45) is -0.343. The van der Waals surface area contributed by atoms with Crippen LogP contribution < -0.4 is 10.6 Å². The lowest BCUT2D eigenvalue weighted by Crippen LogP contribution is -2.38. The van der Waals surface area contributed by atoms with Crippen molar-refractivity contribution in [3.63, 3.8) is 0 Å². The first-order valence-corrected chi connectivity index (χ1v) is 11.6. The van der Waals surface area contributed by atoms with Crippen LogP contribution in [0.3, 0.4) is 0 Å². The Bertz CT molecular complexity index is 1500. The smallest absolute Gasteiger partial charge is 0.281 e. The molecule has 1 aromatic carbocycles. The van der Waals surface area contributed by atoms with Gasteiger partial charge < -0.3 is 15.2 Å². The van der Waals surface area contributed by atoms with Crippen molar-refractivity contribution < 1.29 is 22.8 Å². The molecule has 192 valence electrons. The van der Waals surface area contributed by atoms with E-state index >= 15 is 0 Å². The molecule has 2 N–H and O–H groups in total. The maximum Gasteiger partial charge on any atom is 0.281 e. The van der Waals surface area contributed by atoms with Crippen LogP contribution in [0.4, 0.5) is 19.0 Å². The molecule has 0 saturated heterocycles. The number of alkyl halides is 3. The van der Waals surface area contributed by atoms with Crippen molar-refractivity contribution in [3.05, 3.63) is 76.7 Å². The molecular weight excluding hydrogens is 507 g/mol. The number of pyridine rings is 2. The van der Waals surface area contributed by atoms with Gasteiger partial charge in [0, 0.05) is 35.9 Å². The van der Waals surface area contributed by atoms with Gasteiger partial charge in [0.15, 0.2) is 5.67 Å². The van der Waals surface area contributed by atoms with Crippen LogP contribution in [0.2, 0.25) is 5.02 Å². The highest BCUT2D eigenvalue weighted by Crippen LogP contribution is 2.30. The van der Waals surface area contributed by atoms with E-state index in [1.165, 1.54) is 6.07 Å². The lowest BCUT2D eigenvalue weighted by atomic mass is 10.1. The van der Waals surface area contributed by atoms with E-state index < -0.39 is 29.6 Å². The van der Waals surface area contributed by atoms with Gasteiger partial charge in [0.1, 0.15) is 11.5 Å². The average molecular weight is 530 g/mol. The van der Waals surface area contributed by atoms with Crippen LogP contribution >= 0.6 is 11.6 Å². The molecule has 37 heavy (non-hydrogen) atoms. The van der Waals surface area contributed by atoms with Crippen LogP contribution in [0.25, 0.3) is 22.2 Å². The Labute approximate surface area is 215 Å². The molecule has 3 heterocycles. The van der Waals surface area contributed by atoms with Crippen LogP contribution in [0.1, 0.15) is 41.9 Å². The fourth-order valence-electron chi connectivity index (χ4n) is 3.77. The summed E-state index contributed by atoms with van der Waals surface area (Å²) in [7, 11) is 1.87. The second kappa shape index (κ2) is 10.2. The van der Waals surface area contributed by atoms with Crippen LogP contribution in [-0.2, 0) is 18.4 Å². The standard InChI is InChI=1S/C26H23ClF3N5O2/c1-26(2,30)25(37)33-12-14-7-18(22(23(28)29)32-11-14)24(36)34-21-10-16-9-19(35(3)20(16)13-31-21)15-5-4-6-17(27)8-15/h4-11,13,23H,12H2,1-3H3,(H,33,37)(H,31,34,36). The van der Waals surface area contributed by atoms with E-state index in [9.17, 15) is 22.8 Å². The summed E-state index contributed by atoms with van der Waals surface area (Å²) in [6.45, 7) is 1.99. The van der Waals surface area contributed by atoms with Crippen molar-refractivity contribution in [2.75, 3.05) is 5.32 Å². The highest BCUT2D eigenvalue weighted by molar-refractivity contribution is 6.30. The predicted molar refractivity (Wildman–Crippen MR) is 135 cm³/mol. The van der Waals surface area contributed by atoms with Crippen molar-refractivity contribution in [3.8, 4) is 11.3 Å². The Morgan fingerprint density at radius 2 is 1.86 bits per heavy atom. The molecule has 0 spiro atoms. The van der Waals surface area contributed by atoms with Crippen molar-refractivity contribution in [2.24, 2.45) is 7.05 Å². The number of benzene rings is 1. The SMILES string of the molecule is Cn1c(-c2cccc(Cl)c2)cc2cc(NC(=O)c3cc(CNC(=O)C(C)(C)F)cnc3C(F)F)ncc21. The minimum Gasteiger partial charge on any atom is -0.349 e. The summed E-state index contributed by atoms with van der Waals surface area (Å²) in [4.78, 5) is 32.7. The van der Waals surface area contributed by atoms with Crippen molar-refractivity contribution in [1.29, 1.82) is 0 Å².